The maximum absolute atomic E-state index is 6.26. The lowest BCUT2D eigenvalue weighted by molar-refractivity contribution is 0.585. The van der Waals surface area contributed by atoms with Gasteiger partial charge in [0.15, 0.2) is 0 Å². The van der Waals surface area contributed by atoms with Gasteiger partial charge in [0.2, 0.25) is 0 Å². The first-order valence-corrected chi connectivity index (χ1v) is 7.64. The van der Waals surface area contributed by atoms with Crippen molar-refractivity contribution in [1.82, 2.24) is 15.8 Å². The molecule has 0 bridgehead atoms. The molecule has 1 atom stereocenters. The highest BCUT2D eigenvalue weighted by Crippen LogP contribution is 2.38. The van der Waals surface area contributed by atoms with Crippen molar-refractivity contribution in [3.63, 3.8) is 0 Å². The van der Waals surface area contributed by atoms with Crippen LogP contribution < -0.4 is 10.9 Å². The number of nitrogens with one attached hydrogen (secondary N) is 2. The van der Waals surface area contributed by atoms with E-state index in [0.29, 0.717) is 16.1 Å². The van der Waals surface area contributed by atoms with Crippen molar-refractivity contribution in [2.75, 3.05) is 6.54 Å². The number of hydrogen-bond acceptors (Lipinski definition) is 4. The molecule has 3 rings (SSSR count). The second-order valence-electron chi connectivity index (χ2n) is 4.48. The minimum atomic E-state index is 0.337. The van der Waals surface area contributed by atoms with E-state index in [1.165, 1.54) is 4.88 Å². The van der Waals surface area contributed by atoms with Crippen LogP contribution in [0.4, 0.5) is 0 Å². The fraction of sp³-hybridized carbons (Fsp3) is 0.308. The van der Waals surface area contributed by atoms with Crippen LogP contribution in [0.5, 0.6) is 0 Å². The van der Waals surface area contributed by atoms with E-state index in [1.54, 1.807) is 17.4 Å². The van der Waals surface area contributed by atoms with E-state index < -0.39 is 0 Å². The summed E-state index contributed by atoms with van der Waals surface area (Å²) >= 11 is 14.0. The molecule has 6 heteroatoms. The number of hydrazine groups is 1. The zero-order valence-corrected chi connectivity index (χ0v) is 12.7. The number of halogens is 2. The summed E-state index contributed by atoms with van der Waals surface area (Å²) in [4.78, 5) is 5.90. The molecular formula is C13H13Cl2N3S. The van der Waals surface area contributed by atoms with E-state index in [2.05, 4.69) is 15.8 Å². The average Bonchev–Trinajstić information content (AvgIpc) is 3.01. The van der Waals surface area contributed by atoms with Crippen molar-refractivity contribution in [2.24, 2.45) is 0 Å². The highest BCUT2D eigenvalue weighted by Gasteiger charge is 2.22. The summed E-state index contributed by atoms with van der Waals surface area (Å²) < 4.78 is 0. The number of aromatic nitrogens is 1. The molecule has 1 fully saturated rings. The highest BCUT2D eigenvalue weighted by molar-refractivity contribution is 7.15. The Kier molecular flexibility index (Phi) is 3.78. The molecule has 1 aliphatic heterocycles. The van der Waals surface area contributed by atoms with Gasteiger partial charge in [-0.25, -0.2) is 10.4 Å². The third-order valence-electron chi connectivity index (χ3n) is 3.17. The predicted molar refractivity (Wildman–Crippen MR) is 80.8 cm³/mol. The van der Waals surface area contributed by atoms with E-state index in [0.717, 1.165) is 29.2 Å². The maximum atomic E-state index is 6.26. The van der Waals surface area contributed by atoms with Crippen LogP contribution in [0.3, 0.4) is 0 Å². The smallest absolute Gasteiger partial charge is 0.125 e. The molecule has 0 amide bonds. The molecule has 1 saturated heterocycles. The first-order valence-electron chi connectivity index (χ1n) is 6.07. The molecule has 0 saturated carbocycles. The van der Waals surface area contributed by atoms with Gasteiger partial charge >= 0.3 is 0 Å². The lowest BCUT2D eigenvalue weighted by atomic mass is 10.2. The Balaban J connectivity index is 2.02. The molecule has 1 unspecified atom stereocenters. The van der Waals surface area contributed by atoms with Crippen LogP contribution in [0, 0.1) is 6.92 Å². The van der Waals surface area contributed by atoms with E-state index >= 15 is 0 Å². The van der Waals surface area contributed by atoms with Crippen LogP contribution in [-0.2, 0) is 0 Å². The molecule has 1 aliphatic rings. The molecule has 0 spiro atoms. The second kappa shape index (κ2) is 5.38. The summed E-state index contributed by atoms with van der Waals surface area (Å²) in [6, 6.07) is 5.98. The summed E-state index contributed by atoms with van der Waals surface area (Å²) in [5.74, 6) is 0. The van der Waals surface area contributed by atoms with Crippen molar-refractivity contribution in [3.05, 3.63) is 38.8 Å². The first-order chi connectivity index (χ1) is 9.16. The van der Waals surface area contributed by atoms with E-state index in [4.69, 9.17) is 23.2 Å². The number of benzene rings is 1. The van der Waals surface area contributed by atoms with Gasteiger partial charge in [-0.15, -0.1) is 11.3 Å². The summed E-state index contributed by atoms with van der Waals surface area (Å²) in [5.41, 5.74) is 8.37. The quantitative estimate of drug-likeness (QED) is 0.881. The molecule has 2 heterocycles. The van der Waals surface area contributed by atoms with Gasteiger partial charge in [-0.05, 0) is 19.4 Å². The van der Waals surface area contributed by atoms with Gasteiger partial charge in [0.1, 0.15) is 5.01 Å². The molecule has 0 aliphatic carbocycles. The molecular weight excluding hydrogens is 301 g/mol. The van der Waals surface area contributed by atoms with Gasteiger partial charge in [-0.3, -0.25) is 5.43 Å². The molecule has 2 aromatic rings. The third-order valence-corrected chi connectivity index (χ3v) is 5.29. The molecule has 100 valence electrons. The Hall–Kier alpha value is -0.650. The van der Waals surface area contributed by atoms with Gasteiger partial charge in [0.25, 0.3) is 0 Å². The first kappa shape index (κ1) is 13.3. The molecule has 1 aromatic carbocycles. The Labute approximate surface area is 125 Å². The van der Waals surface area contributed by atoms with Gasteiger partial charge in [-0.2, -0.15) is 0 Å². The SMILES string of the molecule is Cc1nc(-c2cccc(Cl)c2Cl)sc1C1CCNN1. The number of nitrogens with zero attached hydrogens (tertiary/aromatic N) is 1. The lowest BCUT2D eigenvalue weighted by Gasteiger charge is -2.06. The lowest BCUT2D eigenvalue weighted by Crippen LogP contribution is -2.24. The Morgan fingerprint density at radius 2 is 2.21 bits per heavy atom. The van der Waals surface area contributed by atoms with Crippen LogP contribution in [0.15, 0.2) is 18.2 Å². The Morgan fingerprint density at radius 3 is 2.95 bits per heavy atom. The standard InChI is InChI=1S/C13H13Cl2N3S/c1-7-12(10-5-6-16-18-10)19-13(17-7)8-3-2-4-9(14)11(8)15/h2-4,10,16,18H,5-6H2,1H3. The number of aryl methyl sites for hydroxylation is 1. The monoisotopic (exact) mass is 313 g/mol. The molecule has 0 radical (unpaired) electrons. The van der Waals surface area contributed by atoms with E-state index in [1.807, 2.05) is 19.1 Å². The highest BCUT2D eigenvalue weighted by atomic mass is 35.5. The molecule has 3 nitrogen and oxygen atoms in total. The van der Waals surface area contributed by atoms with Crippen LogP contribution in [-0.4, -0.2) is 11.5 Å². The van der Waals surface area contributed by atoms with Crippen molar-refractivity contribution in [1.29, 1.82) is 0 Å². The second-order valence-corrected chi connectivity index (χ2v) is 6.30. The molecule has 1 aromatic heterocycles. The molecule has 2 N–H and O–H groups in total. The largest absolute Gasteiger partial charge is 0.257 e. The van der Waals surface area contributed by atoms with Crippen LogP contribution >= 0.6 is 34.5 Å². The number of rotatable bonds is 2. The zero-order chi connectivity index (χ0) is 13.4. The Bertz CT molecular complexity index is 606. The maximum Gasteiger partial charge on any atom is 0.125 e. The topological polar surface area (TPSA) is 37.0 Å². The third kappa shape index (κ3) is 2.51. The van der Waals surface area contributed by atoms with Crippen molar-refractivity contribution in [3.8, 4) is 10.6 Å². The van der Waals surface area contributed by atoms with Gasteiger partial charge in [0.05, 0.1) is 21.8 Å². The van der Waals surface area contributed by atoms with Gasteiger partial charge in [-0.1, -0.05) is 35.3 Å². The zero-order valence-electron chi connectivity index (χ0n) is 10.3. The average molecular weight is 314 g/mol. The predicted octanol–water partition coefficient (Wildman–Crippen LogP) is 3.96. The van der Waals surface area contributed by atoms with Crippen LogP contribution in [0.1, 0.15) is 23.0 Å². The van der Waals surface area contributed by atoms with Gasteiger partial charge < -0.3 is 0 Å². The fourth-order valence-corrected chi connectivity index (χ4v) is 3.83. The van der Waals surface area contributed by atoms with Crippen molar-refractivity contribution < 1.29 is 0 Å². The number of hydrogen-bond donors (Lipinski definition) is 2. The minimum Gasteiger partial charge on any atom is -0.257 e. The van der Waals surface area contributed by atoms with Crippen LogP contribution in [0.2, 0.25) is 10.0 Å². The summed E-state index contributed by atoms with van der Waals surface area (Å²) in [5, 5.41) is 2.06. The Morgan fingerprint density at radius 1 is 1.37 bits per heavy atom. The van der Waals surface area contributed by atoms with Crippen molar-refractivity contribution in [2.45, 2.75) is 19.4 Å². The summed E-state index contributed by atoms with van der Waals surface area (Å²) in [6.45, 7) is 3.02. The van der Waals surface area contributed by atoms with Crippen LogP contribution in [0.25, 0.3) is 10.6 Å². The van der Waals surface area contributed by atoms with Crippen molar-refractivity contribution >= 4 is 34.5 Å². The normalized spacial score (nSPS) is 19.0. The minimum absolute atomic E-state index is 0.337. The molecule has 19 heavy (non-hydrogen) atoms. The summed E-state index contributed by atoms with van der Waals surface area (Å²) in [6.07, 6.45) is 1.08. The number of thiazole rings is 1. The van der Waals surface area contributed by atoms with E-state index in [9.17, 15) is 0 Å². The summed E-state index contributed by atoms with van der Waals surface area (Å²) in [7, 11) is 0. The fourth-order valence-electron chi connectivity index (χ4n) is 2.20. The van der Waals surface area contributed by atoms with Gasteiger partial charge in [0, 0.05) is 17.0 Å². The van der Waals surface area contributed by atoms with E-state index in [-0.39, 0.29) is 0 Å².